The van der Waals surface area contributed by atoms with Crippen LogP contribution in [0.15, 0.2) is 84.0 Å². The lowest BCUT2D eigenvalue weighted by Gasteiger charge is -2.41. The van der Waals surface area contributed by atoms with Crippen LogP contribution in [0.5, 0.6) is 11.5 Å². The van der Waals surface area contributed by atoms with Gasteiger partial charge in [0.25, 0.3) is 0 Å². The van der Waals surface area contributed by atoms with Gasteiger partial charge >= 0.3 is 0 Å². The molecule has 1 saturated heterocycles. The number of methoxy groups -OCH3 is 2. The Morgan fingerprint density at radius 2 is 1.18 bits per heavy atom. The van der Waals surface area contributed by atoms with E-state index in [0.717, 1.165) is 22.8 Å². The average molecular weight is 445 g/mol. The van der Waals surface area contributed by atoms with E-state index in [1.54, 1.807) is 14.2 Å². The van der Waals surface area contributed by atoms with Crippen molar-refractivity contribution in [1.82, 2.24) is 5.32 Å². The van der Waals surface area contributed by atoms with Crippen LogP contribution >= 0.6 is 0 Å². The maximum atomic E-state index is 5.86. The molecule has 0 spiro atoms. The summed E-state index contributed by atoms with van der Waals surface area (Å²) in [6.45, 7) is 4.89. The smallest absolute Gasteiger partial charge is 0.142 e. The molecule has 1 aliphatic heterocycles. The van der Waals surface area contributed by atoms with Crippen molar-refractivity contribution in [2.24, 2.45) is 17.0 Å². The van der Waals surface area contributed by atoms with E-state index >= 15 is 0 Å². The van der Waals surface area contributed by atoms with Gasteiger partial charge in [-0.05, 0) is 41.0 Å². The fourth-order valence-electron chi connectivity index (χ4n) is 4.55. The summed E-state index contributed by atoms with van der Waals surface area (Å²) < 4.78 is 10.7. The second-order valence-electron chi connectivity index (χ2n) is 8.52. The van der Waals surface area contributed by atoms with E-state index in [1.165, 1.54) is 11.1 Å². The predicted molar refractivity (Wildman–Crippen MR) is 132 cm³/mol. The molecule has 1 N–H and O–H groups in total. The number of piperidine rings is 1. The van der Waals surface area contributed by atoms with Crippen molar-refractivity contribution in [1.29, 1.82) is 0 Å². The maximum absolute atomic E-state index is 5.86. The Morgan fingerprint density at radius 1 is 0.697 bits per heavy atom. The summed E-state index contributed by atoms with van der Waals surface area (Å²) in [6.07, 6.45) is 0. The quantitative estimate of drug-likeness (QED) is 0.459. The fourth-order valence-corrected chi connectivity index (χ4v) is 4.55. The number of rotatable bonds is 7. The Kier molecular flexibility index (Phi) is 7.30. The molecule has 5 nitrogen and oxygen atoms in total. The SMILES string of the molecule is COc1ccc(C2NC(c3ccc(OC)cc3)C(C)C(=NOCc3ccccc3)C2C)cc1. The van der Waals surface area contributed by atoms with Gasteiger partial charge in [-0.25, -0.2) is 0 Å². The first kappa shape index (κ1) is 22.9. The highest BCUT2D eigenvalue weighted by atomic mass is 16.6. The summed E-state index contributed by atoms with van der Waals surface area (Å²) in [5.74, 6) is 2.03. The molecule has 0 aliphatic carbocycles. The van der Waals surface area contributed by atoms with Crippen LogP contribution in [0.25, 0.3) is 0 Å². The van der Waals surface area contributed by atoms with Crippen molar-refractivity contribution in [2.45, 2.75) is 32.5 Å². The van der Waals surface area contributed by atoms with Gasteiger partial charge in [-0.15, -0.1) is 0 Å². The first-order valence-electron chi connectivity index (χ1n) is 11.4. The van der Waals surface area contributed by atoms with Gasteiger partial charge in [0, 0.05) is 23.9 Å². The van der Waals surface area contributed by atoms with Gasteiger partial charge in [-0.3, -0.25) is 0 Å². The molecule has 4 unspecified atom stereocenters. The Labute approximate surface area is 196 Å². The van der Waals surface area contributed by atoms with Gasteiger partial charge in [0.05, 0.1) is 19.9 Å². The van der Waals surface area contributed by atoms with Crippen molar-refractivity contribution >= 4 is 5.71 Å². The van der Waals surface area contributed by atoms with Crippen LogP contribution in [-0.4, -0.2) is 19.9 Å². The highest BCUT2D eigenvalue weighted by Gasteiger charge is 2.39. The van der Waals surface area contributed by atoms with Crippen molar-refractivity contribution in [3.05, 3.63) is 95.6 Å². The molecule has 1 fully saturated rings. The lowest BCUT2D eigenvalue weighted by molar-refractivity contribution is 0.123. The van der Waals surface area contributed by atoms with Crippen molar-refractivity contribution < 1.29 is 14.3 Å². The molecule has 0 bridgehead atoms. The van der Waals surface area contributed by atoms with E-state index < -0.39 is 0 Å². The molecule has 0 saturated carbocycles. The molecule has 3 aromatic carbocycles. The van der Waals surface area contributed by atoms with Crippen LogP contribution in [0, 0.1) is 11.8 Å². The number of nitrogens with one attached hydrogen (secondary N) is 1. The molecule has 5 heteroatoms. The summed E-state index contributed by atoms with van der Waals surface area (Å²) in [5, 5.41) is 8.57. The molecule has 0 aromatic heterocycles. The minimum atomic E-state index is 0.0956. The molecule has 3 aromatic rings. The summed E-state index contributed by atoms with van der Waals surface area (Å²) in [6, 6.07) is 26.8. The van der Waals surface area contributed by atoms with Crippen LogP contribution in [-0.2, 0) is 11.4 Å². The maximum Gasteiger partial charge on any atom is 0.142 e. The lowest BCUT2D eigenvalue weighted by Crippen LogP contribution is -2.46. The van der Waals surface area contributed by atoms with Crippen LogP contribution in [0.3, 0.4) is 0 Å². The fraction of sp³-hybridized carbons (Fsp3) is 0.321. The normalized spacial score (nSPS) is 22.5. The number of oxime groups is 1. The summed E-state index contributed by atoms with van der Waals surface area (Å²) >= 11 is 0. The lowest BCUT2D eigenvalue weighted by atomic mass is 9.75. The number of ether oxygens (including phenoxy) is 2. The van der Waals surface area contributed by atoms with Gasteiger partial charge in [0.15, 0.2) is 0 Å². The zero-order chi connectivity index (χ0) is 23.2. The molecule has 1 heterocycles. The Morgan fingerprint density at radius 3 is 1.64 bits per heavy atom. The zero-order valence-electron chi connectivity index (χ0n) is 19.7. The van der Waals surface area contributed by atoms with Crippen LogP contribution in [0.1, 0.15) is 42.6 Å². The highest BCUT2D eigenvalue weighted by molar-refractivity contribution is 5.90. The van der Waals surface area contributed by atoms with Crippen LogP contribution < -0.4 is 14.8 Å². The Bertz CT molecular complexity index is 987. The Balaban J connectivity index is 1.64. The third-order valence-corrected chi connectivity index (χ3v) is 6.49. The van der Waals surface area contributed by atoms with E-state index in [1.807, 2.05) is 42.5 Å². The summed E-state index contributed by atoms with van der Waals surface area (Å²) in [7, 11) is 3.37. The second kappa shape index (κ2) is 10.5. The summed E-state index contributed by atoms with van der Waals surface area (Å²) in [5.41, 5.74) is 4.56. The van der Waals surface area contributed by atoms with E-state index in [0.29, 0.717) is 6.61 Å². The minimum Gasteiger partial charge on any atom is -0.497 e. The van der Waals surface area contributed by atoms with E-state index in [2.05, 4.69) is 60.7 Å². The van der Waals surface area contributed by atoms with Crippen LogP contribution in [0.2, 0.25) is 0 Å². The highest BCUT2D eigenvalue weighted by Crippen LogP contribution is 2.39. The Hall–Kier alpha value is -3.31. The van der Waals surface area contributed by atoms with Crippen molar-refractivity contribution in [2.75, 3.05) is 14.2 Å². The van der Waals surface area contributed by atoms with Gasteiger partial charge in [0.2, 0.25) is 0 Å². The number of hydrogen-bond donors (Lipinski definition) is 1. The first-order valence-corrected chi connectivity index (χ1v) is 11.4. The molecule has 4 rings (SSSR count). The second-order valence-corrected chi connectivity index (χ2v) is 8.52. The minimum absolute atomic E-state index is 0.0956. The molecule has 0 radical (unpaired) electrons. The average Bonchev–Trinajstić information content (AvgIpc) is 2.87. The van der Waals surface area contributed by atoms with E-state index in [9.17, 15) is 0 Å². The molecule has 0 amide bonds. The largest absolute Gasteiger partial charge is 0.497 e. The summed E-state index contributed by atoms with van der Waals surface area (Å²) in [4.78, 5) is 5.86. The molecule has 1 aliphatic rings. The number of hydrogen-bond acceptors (Lipinski definition) is 5. The topological polar surface area (TPSA) is 52.1 Å². The molecular formula is C28H32N2O3. The van der Waals surface area contributed by atoms with E-state index in [4.69, 9.17) is 14.3 Å². The first-order chi connectivity index (χ1) is 16.1. The monoisotopic (exact) mass is 444 g/mol. The zero-order valence-corrected chi connectivity index (χ0v) is 19.7. The van der Waals surface area contributed by atoms with Crippen molar-refractivity contribution in [3.8, 4) is 11.5 Å². The molecular weight excluding hydrogens is 412 g/mol. The van der Waals surface area contributed by atoms with Gasteiger partial charge in [0.1, 0.15) is 18.1 Å². The van der Waals surface area contributed by atoms with Gasteiger partial charge < -0.3 is 19.6 Å². The van der Waals surface area contributed by atoms with Gasteiger partial charge in [-0.1, -0.05) is 73.6 Å². The van der Waals surface area contributed by atoms with Crippen LogP contribution in [0.4, 0.5) is 0 Å². The van der Waals surface area contributed by atoms with Crippen molar-refractivity contribution in [3.63, 3.8) is 0 Å². The van der Waals surface area contributed by atoms with Gasteiger partial charge in [-0.2, -0.15) is 0 Å². The number of nitrogens with zero attached hydrogens (tertiary/aromatic N) is 1. The number of benzene rings is 3. The molecule has 172 valence electrons. The molecule has 4 atom stereocenters. The third kappa shape index (κ3) is 5.20. The van der Waals surface area contributed by atoms with E-state index in [-0.39, 0.29) is 23.9 Å². The predicted octanol–water partition coefficient (Wildman–Crippen LogP) is 5.93. The third-order valence-electron chi connectivity index (χ3n) is 6.49. The standard InChI is InChI=1S/C28H32N2O3/c1-19-26(30-33-18-21-8-6-5-7-9-21)20(2)28(23-12-16-25(32-4)17-13-23)29-27(19)22-10-14-24(31-3)15-11-22/h5-17,19-20,27-29H,18H2,1-4H3. The molecule has 33 heavy (non-hydrogen) atoms.